The minimum absolute atomic E-state index is 0.728. The summed E-state index contributed by atoms with van der Waals surface area (Å²) in [6.07, 6.45) is 1.85. The molecule has 0 radical (unpaired) electrons. The quantitative estimate of drug-likeness (QED) is 0.491. The zero-order valence-electron chi connectivity index (χ0n) is 12.4. The Morgan fingerprint density at radius 2 is 2.24 bits per heavy atom. The maximum atomic E-state index is 4.42. The summed E-state index contributed by atoms with van der Waals surface area (Å²) in [5.41, 5.74) is 3.04. The molecule has 0 unspecified atom stereocenters. The zero-order chi connectivity index (χ0) is 15.2. The Hall–Kier alpha value is -1.66. The molecule has 0 amide bonds. The van der Waals surface area contributed by atoms with Crippen molar-refractivity contribution in [3.05, 3.63) is 44.9 Å². The molecule has 2 heterocycles. The van der Waals surface area contributed by atoms with Crippen LogP contribution in [0.3, 0.4) is 0 Å². The van der Waals surface area contributed by atoms with Crippen LogP contribution in [0.4, 0.5) is 5.82 Å². The van der Waals surface area contributed by atoms with Crippen LogP contribution >= 0.6 is 23.1 Å². The van der Waals surface area contributed by atoms with Crippen molar-refractivity contribution in [3.8, 4) is 0 Å². The van der Waals surface area contributed by atoms with E-state index in [0.29, 0.717) is 0 Å². The van der Waals surface area contributed by atoms with E-state index in [-0.39, 0.29) is 0 Å². The summed E-state index contributed by atoms with van der Waals surface area (Å²) in [5.74, 6) is 1.60. The lowest BCUT2D eigenvalue weighted by Crippen LogP contribution is -1.98. The van der Waals surface area contributed by atoms with Crippen LogP contribution in [0.15, 0.2) is 28.7 Å². The van der Waals surface area contributed by atoms with Gasteiger partial charge in [-0.05, 0) is 44.5 Å². The van der Waals surface area contributed by atoms with E-state index < -0.39 is 0 Å². The second kappa shape index (κ2) is 7.38. The van der Waals surface area contributed by atoms with Crippen molar-refractivity contribution in [1.29, 1.82) is 0 Å². The highest BCUT2D eigenvalue weighted by Gasteiger charge is 2.08. The molecular formula is C15H18N4S2. The van der Waals surface area contributed by atoms with Gasteiger partial charge < -0.3 is 5.32 Å². The summed E-state index contributed by atoms with van der Waals surface area (Å²) in [4.78, 5) is 13.9. The number of hydrogen-bond acceptors (Lipinski definition) is 6. The molecule has 0 aliphatic carbocycles. The first kappa shape index (κ1) is 15.7. The monoisotopic (exact) mass is 318 g/mol. The normalized spacial score (nSPS) is 11.5. The zero-order valence-corrected chi connectivity index (χ0v) is 14.0. The Morgan fingerprint density at radius 3 is 2.81 bits per heavy atom. The van der Waals surface area contributed by atoms with Gasteiger partial charge >= 0.3 is 0 Å². The number of rotatable bonds is 6. The molecule has 0 aliphatic heterocycles. The summed E-state index contributed by atoms with van der Waals surface area (Å²) in [6, 6.07) is 4.01. The third-order valence-electron chi connectivity index (χ3n) is 2.75. The molecule has 6 heteroatoms. The molecule has 110 valence electrons. The van der Waals surface area contributed by atoms with Crippen molar-refractivity contribution >= 4 is 41.3 Å². The molecule has 0 aromatic carbocycles. The number of thiazole rings is 1. The topological polar surface area (TPSA) is 50.2 Å². The summed E-state index contributed by atoms with van der Waals surface area (Å²) in [5, 5.41) is 6.31. The SMILES string of the molecule is C=N/C(=C\SCNc1ccc(C)cn1)c1sc(C)nc1C. The summed E-state index contributed by atoms with van der Waals surface area (Å²) in [6.45, 7) is 9.67. The first-order valence-electron chi connectivity index (χ1n) is 6.49. The van der Waals surface area contributed by atoms with E-state index in [1.165, 1.54) is 0 Å². The van der Waals surface area contributed by atoms with E-state index in [4.69, 9.17) is 0 Å². The Bertz CT molecular complexity index is 644. The van der Waals surface area contributed by atoms with Crippen molar-refractivity contribution in [2.24, 2.45) is 4.99 Å². The lowest BCUT2D eigenvalue weighted by molar-refractivity contribution is 1.19. The van der Waals surface area contributed by atoms with Crippen LogP contribution in [0.25, 0.3) is 5.70 Å². The number of aryl methyl sites for hydroxylation is 3. The smallest absolute Gasteiger partial charge is 0.126 e. The van der Waals surface area contributed by atoms with E-state index in [9.17, 15) is 0 Å². The van der Waals surface area contributed by atoms with Crippen LogP contribution < -0.4 is 5.32 Å². The van der Waals surface area contributed by atoms with Gasteiger partial charge in [0.25, 0.3) is 0 Å². The van der Waals surface area contributed by atoms with Crippen molar-refractivity contribution in [3.63, 3.8) is 0 Å². The van der Waals surface area contributed by atoms with Crippen LogP contribution in [0.1, 0.15) is 21.1 Å². The van der Waals surface area contributed by atoms with Crippen LogP contribution in [0.5, 0.6) is 0 Å². The van der Waals surface area contributed by atoms with Crippen molar-refractivity contribution < 1.29 is 0 Å². The van der Waals surface area contributed by atoms with Gasteiger partial charge in [-0.2, -0.15) is 0 Å². The molecule has 4 nitrogen and oxygen atoms in total. The average Bonchev–Trinajstić information content (AvgIpc) is 2.80. The fourth-order valence-electron chi connectivity index (χ4n) is 1.74. The molecular weight excluding hydrogens is 300 g/mol. The largest absolute Gasteiger partial charge is 0.361 e. The average molecular weight is 318 g/mol. The van der Waals surface area contributed by atoms with Crippen LogP contribution in [0.2, 0.25) is 0 Å². The molecule has 0 saturated heterocycles. The molecule has 0 fully saturated rings. The molecule has 2 aromatic heterocycles. The first-order chi connectivity index (χ1) is 10.1. The maximum absolute atomic E-state index is 4.42. The summed E-state index contributed by atoms with van der Waals surface area (Å²) >= 11 is 3.27. The second-order valence-electron chi connectivity index (χ2n) is 4.52. The fourth-order valence-corrected chi connectivity index (χ4v) is 3.38. The lowest BCUT2D eigenvalue weighted by atomic mass is 10.3. The summed E-state index contributed by atoms with van der Waals surface area (Å²) in [7, 11) is 0. The Labute approximate surface area is 133 Å². The highest BCUT2D eigenvalue weighted by Crippen LogP contribution is 2.28. The van der Waals surface area contributed by atoms with Gasteiger partial charge in [0.2, 0.25) is 0 Å². The van der Waals surface area contributed by atoms with E-state index in [0.717, 1.165) is 38.5 Å². The number of nitrogens with zero attached hydrogens (tertiary/aromatic N) is 3. The minimum atomic E-state index is 0.728. The number of pyridine rings is 1. The number of anilines is 1. The highest BCUT2D eigenvalue weighted by molar-refractivity contribution is 8.02. The predicted molar refractivity (Wildman–Crippen MR) is 94.2 cm³/mol. The van der Waals surface area contributed by atoms with Gasteiger partial charge in [-0.25, -0.2) is 9.97 Å². The number of hydrogen-bond donors (Lipinski definition) is 1. The van der Waals surface area contributed by atoms with Crippen molar-refractivity contribution in [1.82, 2.24) is 9.97 Å². The van der Waals surface area contributed by atoms with Gasteiger partial charge in [0.15, 0.2) is 0 Å². The maximum Gasteiger partial charge on any atom is 0.126 e. The van der Waals surface area contributed by atoms with Gasteiger partial charge in [-0.15, -0.1) is 23.1 Å². The second-order valence-corrected chi connectivity index (χ2v) is 6.58. The molecule has 1 N–H and O–H groups in total. The first-order valence-corrected chi connectivity index (χ1v) is 8.36. The number of thioether (sulfide) groups is 1. The fraction of sp³-hybridized carbons (Fsp3) is 0.267. The number of aromatic nitrogens is 2. The molecule has 0 saturated carbocycles. The van der Waals surface area contributed by atoms with Gasteiger partial charge in [0.1, 0.15) is 5.82 Å². The Balaban J connectivity index is 1.94. The van der Waals surface area contributed by atoms with Crippen molar-refractivity contribution in [2.75, 3.05) is 11.2 Å². The predicted octanol–water partition coefficient (Wildman–Crippen LogP) is 4.27. The molecule has 0 bridgehead atoms. The van der Waals surface area contributed by atoms with E-state index in [1.807, 2.05) is 44.5 Å². The molecule has 2 aromatic rings. The third-order valence-corrected chi connectivity index (χ3v) is 4.55. The van der Waals surface area contributed by atoms with Gasteiger partial charge in [-0.1, -0.05) is 6.07 Å². The lowest BCUT2D eigenvalue weighted by Gasteiger charge is -2.04. The minimum Gasteiger partial charge on any atom is -0.361 e. The highest BCUT2D eigenvalue weighted by atomic mass is 32.2. The molecule has 0 atom stereocenters. The number of aliphatic imine (C=N–C) groups is 1. The van der Waals surface area contributed by atoms with E-state index >= 15 is 0 Å². The number of nitrogens with one attached hydrogen (secondary N) is 1. The molecule has 2 rings (SSSR count). The third kappa shape index (κ3) is 4.41. The van der Waals surface area contributed by atoms with E-state index in [2.05, 4.69) is 27.0 Å². The molecule has 0 aliphatic rings. The Kier molecular flexibility index (Phi) is 5.52. The Morgan fingerprint density at radius 1 is 1.43 bits per heavy atom. The summed E-state index contributed by atoms with van der Waals surface area (Å²) < 4.78 is 0. The van der Waals surface area contributed by atoms with Crippen LogP contribution in [-0.4, -0.2) is 22.6 Å². The van der Waals surface area contributed by atoms with Gasteiger partial charge in [-0.3, -0.25) is 4.99 Å². The van der Waals surface area contributed by atoms with Gasteiger partial charge in [0, 0.05) is 6.20 Å². The van der Waals surface area contributed by atoms with Crippen LogP contribution in [-0.2, 0) is 0 Å². The van der Waals surface area contributed by atoms with E-state index in [1.54, 1.807) is 23.1 Å². The standard InChI is InChI=1S/C15H18N4S2/c1-10-5-6-14(17-7-10)18-9-20-8-13(16-4)15-11(2)19-12(3)21-15/h5-8H,4,9H2,1-3H3,(H,17,18)/b13-8-. The van der Waals surface area contributed by atoms with Crippen molar-refractivity contribution in [2.45, 2.75) is 20.8 Å². The van der Waals surface area contributed by atoms with Crippen LogP contribution in [0, 0.1) is 20.8 Å². The molecule has 21 heavy (non-hydrogen) atoms. The van der Waals surface area contributed by atoms with Gasteiger partial charge in [0.05, 0.1) is 27.2 Å². The molecule has 0 spiro atoms.